The van der Waals surface area contributed by atoms with Gasteiger partial charge in [-0.2, -0.15) is 0 Å². The Morgan fingerprint density at radius 3 is 3.12 bits per heavy atom. The molecule has 0 amide bonds. The van der Waals surface area contributed by atoms with Crippen molar-refractivity contribution in [3.63, 3.8) is 0 Å². The maximum absolute atomic E-state index is 11.3. The van der Waals surface area contributed by atoms with Crippen LogP contribution < -0.4 is 0 Å². The molecule has 2 aromatic rings. The predicted octanol–water partition coefficient (Wildman–Crippen LogP) is 2.73. The Balaban J connectivity index is 2.34. The van der Waals surface area contributed by atoms with Crippen LogP contribution in [0.5, 0.6) is 0 Å². The lowest BCUT2D eigenvalue weighted by Crippen LogP contribution is -2.00. The number of methoxy groups -OCH3 is 1. The molecule has 4 nitrogen and oxygen atoms in total. The summed E-state index contributed by atoms with van der Waals surface area (Å²) in [6.07, 6.45) is 3.34. The fourth-order valence-electron chi connectivity index (χ4n) is 1.55. The number of benzene rings is 1. The molecule has 0 unspecified atom stereocenters. The first kappa shape index (κ1) is 11.4. The van der Waals surface area contributed by atoms with Crippen molar-refractivity contribution in [2.45, 2.75) is 12.8 Å². The van der Waals surface area contributed by atoms with E-state index in [1.54, 1.807) is 18.2 Å². The number of aromatic nitrogens is 1. The van der Waals surface area contributed by atoms with Crippen molar-refractivity contribution in [1.29, 1.82) is 0 Å². The summed E-state index contributed by atoms with van der Waals surface area (Å²) in [4.78, 5) is 15.6. The topological polar surface area (TPSA) is 52.3 Å². The molecule has 0 N–H and O–H groups in total. The van der Waals surface area contributed by atoms with Crippen molar-refractivity contribution in [3.05, 3.63) is 42.3 Å². The smallest absolute Gasteiger partial charge is 0.337 e. The summed E-state index contributed by atoms with van der Waals surface area (Å²) in [5.74, 6) is 0.276. The van der Waals surface area contributed by atoms with Gasteiger partial charge >= 0.3 is 5.97 Å². The number of carbonyl (C=O) groups is 1. The highest BCUT2D eigenvalue weighted by atomic mass is 16.5. The van der Waals surface area contributed by atoms with Crippen LogP contribution in [0.1, 0.15) is 22.7 Å². The molecule has 0 bridgehead atoms. The van der Waals surface area contributed by atoms with Crippen molar-refractivity contribution in [3.8, 4) is 0 Å². The molecule has 0 aliphatic carbocycles. The van der Waals surface area contributed by atoms with Crippen LogP contribution in [0.4, 0.5) is 0 Å². The number of ether oxygens (including phenoxy) is 1. The van der Waals surface area contributed by atoms with Crippen LogP contribution >= 0.6 is 0 Å². The van der Waals surface area contributed by atoms with Crippen LogP contribution in [0.3, 0.4) is 0 Å². The zero-order chi connectivity index (χ0) is 12.3. The van der Waals surface area contributed by atoms with Crippen LogP contribution in [-0.4, -0.2) is 18.1 Å². The van der Waals surface area contributed by atoms with Gasteiger partial charge < -0.3 is 9.15 Å². The molecule has 0 saturated heterocycles. The summed E-state index contributed by atoms with van der Waals surface area (Å²) in [7, 11) is 1.35. The Morgan fingerprint density at radius 2 is 2.41 bits per heavy atom. The number of rotatable bonds is 4. The molecule has 88 valence electrons. The van der Waals surface area contributed by atoms with Crippen LogP contribution in [0.15, 0.2) is 35.3 Å². The lowest BCUT2D eigenvalue weighted by atomic mass is 10.2. The number of esters is 1. The molecule has 17 heavy (non-hydrogen) atoms. The number of carbonyl (C=O) groups excluding carboxylic acids is 1. The van der Waals surface area contributed by atoms with E-state index in [0.29, 0.717) is 23.5 Å². The maximum atomic E-state index is 11.3. The molecule has 0 saturated carbocycles. The fourth-order valence-corrected chi connectivity index (χ4v) is 1.55. The highest BCUT2D eigenvalue weighted by molar-refractivity contribution is 5.93. The third kappa shape index (κ3) is 2.36. The van der Waals surface area contributed by atoms with Crippen LogP contribution in [-0.2, 0) is 11.2 Å². The van der Waals surface area contributed by atoms with E-state index in [-0.39, 0.29) is 5.97 Å². The fraction of sp³-hybridized carbons (Fsp3) is 0.231. The van der Waals surface area contributed by atoms with Gasteiger partial charge in [-0.05, 0) is 24.6 Å². The molecule has 0 radical (unpaired) electrons. The number of hydrogen-bond donors (Lipinski definition) is 0. The average molecular weight is 231 g/mol. The van der Waals surface area contributed by atoms with E-state index in [4.69, 9.17) is 4.42 Å². The van der Waals surface area contributed by atoms with Crippen molar-refractivity contribution >= 4 is 17.1 Å². The number of allylic oxidation sites excluding steroid dienone is 1. The molecule has 1 heterocycles. The summed E-state index contributed by atoms with van der Waals surface area (Å²) in [6, 6.07) is 5.07. The van der Waals surface area contributed by atoms with E-state index in [1.807, 2.05) is 6.08 Å². The second-order valence-electron chi connectivity index (χ2n) is 3.61. The summed E-state index contributed by atoms with van der Waals surface area (Å²) in [6.45, 7) is 3.65. The minimum absolute atomic E-state index is 0.379. The van der Waals surface area contributed by atoms with Gasteiger partial charge in [0.15, 0.2) is 11.5 Å². The van der Waals surface area contributed by atoms with Crippen LogP contribution in [0.2, 0.25) is 0 Å². The van der Waals surface area contributed by atoms with E-state index in [2.05, 4.69) is 16.3 Å². The van der Waals surface area contributed by atoms with Gasteiger partial charge in [0.25, 0.3) is 0 Å². The Morgan fingerprint density at radius 1 is 1.59 bits per heavy atom. The molecule has 1 aromatic heterocycles. The molecule has 0 aliphatic heterocycles. The van der Waals surface area contributed by atoms with E-state index in [9.17, 15) is 4.79 Å². The standard InChI is InChI=1S/C13H13NO3/c1-3-4-5-12-14-10-7-6-9(13(15)16-2)8-11(10)17-12/h3,6-8H,1,4-5H2,2H3. The summed E-state index contributed by atoms with van der Waals surface area (Å²) >= 11 is 0. The van der Waals surface area contributed by atoms with E-state index in [1.165, 1.54) is 7.11 Å². The van der Waals surface area contributed by atoms with Crippen molar-refractivity contribution in [1.82, 2.24) is 4.98 Å². The predicted molar refractivity (Wildman–Crippen MR) is 63.9 cm³/mol. The van der Waals surface area contributed by atoms with Gasteiger partial charge in [0.2, 0.25) is 0 Å². The van der Waals surface area contributed by atoms with Crippen molar-refractivity contribution < 1.29 is 13.9 Å². The quantitative estimate of drug-likeness (QED) is 0.599. The van der Waals surface area contributed by atoms with Gasteiger partial charge in [-0.3, -0.25) is 0 Å². The Kier molecular flexibility index (Phi) is 3.23. The molecule has 0 spiro atoms. The summed E-state index contributed by atoms with van der Waals surface area (Å²) in [5, 5.41) is 0. The second kappa shape index (κ2) is 4.82. The third-order valence-corrected chi connectivity index (χ3v) is 2.42. The number of nitrogens with zero attached hydrogens (tertiary/aromatic N) is 1. The normalized spacial score (nSPS) is 10.4. The SMILES string of the molecule is C=CCCc1nc2ccc(C(=O)OC)cc2o1. The molecule has 2 rings (SSSR count). The Labute approximate surface area is 98.9 Å². The van der Waals surface area contributed by atoms with Gasteiger partial charge in [-0.1, -0.05) is 6.08 Å². The lowest BCUT2D eigenvalue weighted by Gasteiger charge is -1.96. The Bertz CT molecular complexity index is 557. The average Bonchev–Trinajstić information content (AvgIpc) is 2.76. The van der Waals surface area contributed by atoms with E-state index < -0.39 is 0 Å². The van der Waals surface area contributed by atoms with Crippen LogP contribution in [0, 0.1) is 0 Å². The van der Waals surface area contributed by atoms with E-state index >= 15 is 0 Å². The highest BCUT2D eigenvalue weighted by Gasteiger charge is 2.10. The number of oxazole rings is 1. The molecule has 0 atom stereocenters. The Hall–Kier alpha value is -2.10. The summed E-state index contributed by atoms with van der Waals surface area (Å²) < 4.78 is 10.2. The third-order valence-electron chi connectivity index (χ3n) is 2.42. The minimum Gasteiger partial charge on any atom is -0.465 e. The molecular formula is C13H13NO3. The van der Waals surface area contributed by atoms with Gasteiger partial charge in [-0.25, -0.2) is 9.78 Å². The monoisotopic (exact) mass is 231 g/mol. The molecule has 1 aromatic carbocycles. The largest absolute Gasteiger partial charge is 0.465 e. The molecular weight excluding hydrogens is 218 g/mol. The molecule has 0 fully saturated rings. The lowest BCUT2D eigenvalue weighted by molar-refractivity contribution is 0.0601. The number of aryl methyl sites for hydroxylation is 1. The van der Waals surface area contributed by atoms with Crippen molar-refractivity contribution in [2.75, 3.05) is 7.11 Å². The summed E-state index contributed by atoms with van der Waals surface area (Å²) in [5.41, 5.74) is 1.81. The second-order valence-corrected chi connectivity index (χ2v) is 3.61. The van der Waals surface area contributed by atoms with Gasteiger partial charge in [0.05, 0.1) is 12.7 Å². The van der Waals surface area contributed by atoms with Gasteiger partial charge in [-0.15, -0.1) is 6.58 Å². The zero-order valence-electron chi connectivity index (χ0n) is 9.60. The maximum Gasteiger partial charge on any atom is 0.337 e. The zero-order valence-corrected chi connectivity index (χ0v) is 9.60. The first-order chi connectivity index (χ1) is 8.24. The van der Waals surface area contributed by atoms with Crippen LogP contribution in [0.25, 0.3) is 11.1 Å². The molecule has 0 aliphatic rings. The first-order valence-corrected chi connectivity index (χ1v) is 5.33. The van der Waals surface area contributed by atoms with Gasteiger partial charge in [0.1, 0.15) is 5.52 Å². The van der Waals surface area contributed by atoms with Crippen molar-refractivity contribution in [2.24, 2.45) is 0 Å². The first-order valence-electron chi connectivity index (χ1n) is 5.33. The highest BCUT2D eigenvalue weighted by Crippen LogP contribution is 2.18. The number of fused-ring (bicyclic) bond motifs is 1. The molecule has 4 heteroatoms. The minimum atomic E-state index is -0.379. The number of hydrogen-bond acceptors (Lipinski definition) is 4. The van der Waals surface area contributed by atoms with Gasteiger partial charge in [0, 0.05) is 6.42 Å². The van der Waals surface area contributed by atoms with E-state index in [0.717, 1.165) is 11.9 Å².